The summed E-state index contributed by atoms with van der Waals surface area (Å²) in [5, 5.41) is 9.35. The molecule has 1 N–H and O–H groups in total. The average molecular weight is 252 g/mol. The third-order valence-electron chi connectivity index (χ3n) is 3.67. The number of rotatable bonds is 4. The molecule has 0 aromatic carbocycles. The van der Waals surface area contributed by atoms with Crippen molar-refractivity contribution < 1.29 is 14.3 Å². The number of hydrogen-bond acceptors (Lipinski definition) is 4. The van der Waals surface area contributed by atoms with Crippen LogP contribution in [0.1, 0.15) is 18.4 Å². The minimum atomic E-state index is -0.731. The van der Waals surface area contributed by atoms with Crippen molar-refractivity contribution in [1.29, 1.82) is 0 Å². The third-order valence-corrected chi connectivity index (χ3v) is 3.67. The summed E-state index contributed by atoms with van der Waals surface area (Å²) in [6, 6.07) is 1.84. The van der Waals surface area contributed by atoms with E-state index in [1.54, 1.807) is 12.5 Å². The van der Waals surface area contributed by atoms with Crippen LogP contribution in [0.4, 0.5) is 0 Å². The highest BCUT2D eigenvalue weighted by molar-refractivity contribution is 5.73. The summed E-state index contributed by atoms with van der Waals surface area (Å²) in [6.07, 6.45) is 4.99. The standard InChI is InChI=1S/C13H20N2O3/c1-14(2)11-3-5-15(12(7-11)13(16)17)8-10-4-6-18-9-10/h4,6,9,11-12H,3,5,7-8H2,1-2H3,(H,16,17)/t11-,12-/m1/s1. The predicted molar refractivity (Wildman–Crippen MR) is 67.3 cm³/mol. The van der Waals surface area contributed by atoms with Crippen LogP contribution in [0, 0.1) is 0 Å². The van der Waals surface area contributed by atoms with Gasteiger partial charge in [-0.3, -0.25) is 9.69 Å². The van der Waals surface area contributed by atoms with E-state index in [0.29, 0.717) is 19.0 Å². The molecule has 0 spiro atoms. The van der Waals surface area contributed by atoms with Crippen LogP contribution in [-0.2, 0) is 11.3 Å². The molecule has 0 unspecified atom stereocenters. The van der Waals surface area contributed by atoms with Gasteiger partial charge in [0.25, 0.3) is 0 Å². The zero-order valence-electron chi connectivity index (χ0n) is 10.9. The summed E-state index contributed by atoms with van der Waals surface area (Å²) < 4.78 is 5.03. The lowest BCUT2D eigenvalue weighted by atomic mass is 9.96. The molecule has 0 amide bonds. The van der Waals surface area contributed by atoms with Crippen molar-refractivity contribution in [3.8, 4) is 0 Å². The Balaban J connectivity index is 2.03. The summed E-state index contributed by atoms with van der Waals surface area (Å²) in [5.41, 5.74) is 1.03. The molecule has 1 fully saturated rings. The van der Waals surface area contributed by atoms with E-state index in [2.05, 4.69) is 4.90 Å². The van der Waals surface area contributed by atoms with Crippen molar-refractivity contribution in [2.24, 2.45) is 0 Å². The predicted octanol–water partition coefficient (Wildman–Crippen LogP) is 1.26. The van der Waals surface area contributed by atoms with Crippen molar-refractivity contribution in [3.05, 3.63) is 24.2 Å². The Morgan fingerprint density at radius 1 is 1.61 bits per heavy atom. The van der Waals surface area contributed by atoms with Gasteiger partial charge in [0, 0.05) is 24.7 Å². The maximum absolute atomic E-state index is 11.4. The van der Waals surface area contributed by atoms with Crippen molar-refractivity contribution >= 4 is 5.97 Å². The van der Waals surface area contributed by atoms with Crippen LogP contribution in [0.15, 0.2) is 23.0 Å². The Kier molecular flexibility index (Phi) is 4.04. The van der Waals surface area contributed by atoms with E-state index < -0.39 is 12.0 Å². The molecule has 5 heteroatoms. The van der Waals surface area contributed by atoms with Gasteiger partial charge in [0.2, 0.25) is 0 Å². The molecule has 2 heterocycles. The van der Waals surface area contributed by atoms with Crippen LogP contribution in [0.3, 0.4) is 0 Å². The molecule has 1 saturated heterocycles. The summed E-state index contributed by atoms with van der Waals surface area (Å²) in [6.45, 7) is 1.46. The van der Waals surface area contributed by atoms with Gasteiger partial charge in [0.05, 0.1) is 12.5 Å². The molecule has 1 aliphatic rings. The quantitative estimate of drug-likeness (QED) is 0.874. The van der Waals surface area contributed by atoms with E-state index in [0.717, 1.165) is 18.5 Å². The van der Waals surface area contributed by atoms with E-state index in [-0.39, 0.29) is 0 Å². The molecule has 1 aliphatic heterocycles. The van der Waals surface area contributed by atoms with Gasteiger partial charge in [-0.2, -0.15) is 0 Å². The molecular formula is C13H20N2O3. The number of carboxylic acids is 1. The Labute approximate surface area is 107 Å². The Bertz CT molecular complexity index is 389. The number of hydrogen-bond donors (Lipinski definition) is 1. The molecule has 0 saturated carbocycles. The minimum Gasteiger partial charge on any atom is -0.480 e. The minimum absolute atomic E-state index is 0.353. The molecule has 0 aliphatic carbocycles. The maximum atomic E-state index is 11.4. The first-order chi connectivity index (χ1) is 8.58. The number of furan rings is 1. The van der Waals surface area contributed by atoms with Gasteiger partial charge >= 0.3 is 5.97 Å². The van der Waals surface area contributed by atoms with E-state index in [4.69, 9.17) is 4.42 Å². The average Bonchev–Trinajstić information content (AvgIpc) is 2.81. The third kappa shape index (κ3) is 2.91. The van der Waals surface area contributed by atoms with Crippen molar-refractivity contribution in [2.45, 2.75) is 31.5 Å². The van der Waals surface area contributed by atoms with Gasteiger partial charge in [0.1, 0.15) is 6.04 Å². The second-order valence-corrected chi connectivity index (χ2v) is 5.10. The van der Waals surface area contributed by atoms with Gasteiger partial charge in [-0.05, 0) is 33.0 Å². The van der Waals surface area contributed by atoms with Crippen LogP contribution in [0.25, 0.3) is 0 Å². The van der Waals surface area contributed by atoms with E-state index in [9.17, 15) is 9.90 Å². The number of likely N-dealkylation sites (tertiary alicyclic amines) is 1. The van der Waals surface area contributed by atoms with Gasteiger partial charge in [0.15, 0.2) is 0 Å². The van der Waals surface area contributed by atoms with Crippen molar-refractivity contribution in [2.75, 3.05) is 20.6 Å². The second kappa shape index (κ2) is 5.54. The molecule has 2 atom stereocenters. The number of carboxylic acid groups (broad SMARTS) is 1. The molecular weight excluding hydrogens is 232 g/mol. The fraction of sp³-hybridized carbons (Fsp3) is 0.615. The topological polar surface area (TPSA) is 56.9 Å². The largest absolute Gasteiger partial charge is 0.480 e. The Hall–Kier alpha value is -1.33. The molecule has 5 nitrogen and oxygen atoms in total. The van der Waals surface area contributed by atoms with Gasteiger partial charge in [-0.25, -0.2) is 0 Å². The van der Waals surface area contributed by atoms with E-state index in [1.165, 1.54) is 0 Å². The summed E-state index contributed by atoms with van der Waals surface area (Å²) in [7, 11) is 4.02. The zero-order valence-corrected chi connectivity index (χ0v) is 10.9. The Morgan fingerprint density at radius 3 is 2.94 bits per heavy atom. The van der Waals surface area contributed by atoms with Crippen LogP contribution < -0.4 is 0 Å². The number of aliphatic carboxylic acids is 1. The van der Waals surface area contributed by atoms with Gasteiger partial charge in [-0.15, -0.1) is 0 Å². The summed E-state index contributed by atoms with van der Waals surface area (Å²) in [5.74, 6) is -0.731. The monoisotopic (exact) mass is 252 g/mol. The summed E-state index contributed by atoms with van der Waals surface area (Å²) >= 11 is 0. The lowest BCUT2D eigenvalue weighted by Gasteiger charge is -2.39. The molecule has 0 radical (unpaired) electrons. The van der Waals surface area contributed by atoms with Crippen molar-refractivity contribution in [1.82, 2.24) is 9.80 Å². The van der Waals surface area contributed by atoms with Crippen LogP contribution in [0.2, 0.25) is 0 Å². The molecule has 1 aromatic heterocycles. The smallest absolute Gasteiger partial charge is 0.320 e. The van der Waals surface area contributed by atoms with Gasteiger partial charge in [-0.1, -0.05) is 0 Å². The number of carbonyl (C=O) groups is 1. The molecule has 1 aromatic rings. The number of nitrogens with zero attached hydrogens (tertiary/aromatic N) is 2. The fourth-order valence-electron chi connectivity index (χ4n) is 2.53. The first kappa shape index (κ1) is 13.1. The highest BCUT2D eigenvalue weighted by Crippen LogP contribution is 2.22. The second-order valence-electron chi connectivity index (χ2n) is 5.10. The lowest BCUT2D eigenvalue weighted by Crippen LogP contribution is -2.51. The lowest BCUT2D eigenvalue weighted by molar-refractivity contribution is -0.145. The highest BCUT2D eigenvalue weighted by Gasteiger charge is 2.34. The zero-order chi connectivity index (χ0) is 13.1. The number of piperidine rings is 1. The van der Waals surface area contributed by atoms with E-state index in [1.807, 2.05) is 25.1 Å². The van der Waals surface area contributed by atoms with Crippen LogP contribution in [-0.4, -0.2) is 53.6 Å². The maximum Gasteiger partial charge on any atom is 0.320 e. The molecule has 0 bridgehead atoms. The van der Waals surface area contributed by atoms with Gasteiger partial charge < -0.3 is 14.4 Å². The van der Waals surface area contributed by atoms with Crippen LogP contribution >= 0.6 is 0 Å². The van der Waals surface area contributed by atoms with Crippen molar-refractivity contribution in [3.63, 3.8) is 0 Å². The van der Waals surface area contributed by atoms with Crippen LogP contribution in [0.5, 0.6) is 0 Å². The molecule has 2 rings (SSSR count). The normalized spacial score (nSPS) is 25.5. The summed E-state index contributed by atoms with van der Waals surface area (Å²) in [4.78, 5) is 15.5. The van der Waals surface area contributed by atoms with E-state index >= 15 is 0 Å². The fourth-order valence-corrected chi connectivity index (χ4v) is 2.53. The first-order valence-corrected chi connectivity index (χ1v) is 6.22. The first-order valence-electron chi connectivity index (χ1n) is 6.22. The molecule has 100 valence electrons. The molecule has 18 heavy (non-hydrogen) atoms. The Morgan fingerprint density at radius 2 is 2.39 bits per heavy atom. The highest BCUT2D eigenvalue weighted by atomic mass is 16.4. The SMILES string of the molecule is CN(C)[C@@H]1CCN(Cc2ccoc2)[C@@H](C(=O)O)C1.